The molecule has 0 saturated heterocycles. The molecule has 1 rings (SSSR count). The molecule has 0 saturated carbocycles. The monoisotopic (exact) mass is 305 g/mol. The van der Waals surface area contributed by atoms with Crippen molar-refractivity contribution in [3.05, 3.63) is 22.2 Å². The van der Waals surface area contributed by atoms with E-state index in [2.05, 4.69) is 21.4 Å². The van der Waals surface area contributed by atoms with Crippen LogP contribution in [0.5, 0.6) is 11.5 Å². The Balaban J connectivity index is 2.51. The summed E-state index contributed by atoms with van der Waals surface area (Å²) in [5.41, 5.74) is 3.73. The van der Waals surface area contributed by atoms with E-state index in [0.29, 0.717) is 30.0 Å². The normalized spacial score (nSPS) is 10.5. The van der Waals surface area contributed by atoms with E-state index in [4.69, 9.17) is 14.3 Å². The third-order valence-corrected chi connectivity index (χ3v) is 2.68. The van der Waals surface area contributed by atoms with Crippen LogP contribution in [0, 0.1) is 0 Å². The van der Waals surface area contributed by atoms with Gasteiger partial charge in [0.15, 0.2) is 11.5 Å². The van der Waals surface area contributed by atoms with Gasteiger partial charge in [-0.3, -0.25) is 4.84 Å². The molecule has 0 aliphatic carbocycles. The number of rotatable bonds is 7. The van der Waals surface area contributed by atoms with Gasteiger partial charge < -0.3 is 14.6 Å². The van der Waals surface area contributed by atoms with Gasteiger partial charge in [0.25, 0.3) is 0 Å². The van der Waals surface area contributed by atoms with Gasteiger partial charge in [0.05, 0.1) is 24.8 Å². The summed E-state index contributed by atoms with van der Waals surface area (Å²) in [5, 5.41) is 9.62. The molecule has 1 aromatic carbocycles. The van der Waals surface area contributed by atoms with Crippen LogP contribution in [-0.2, 0) is 16.1 Å². The SMILES string of the molecule is COCCONCc1cc(Br)c(O)c(OC)c1. The van der Waals surface area contributed by atoms with E-state index in [1.165, 1.54) is 7.11 Å². The number of methoxy groups -OCH3 is 2. The average Bonchev–Trinajstić information content (AvgIpc) is 2.33. The van der Waals surface area contributed by atoms with Crippen LogP contribution in [0.3, 0.4) is 0 Å². The highest BCUT2D eigenvalue weighted by molar-refractivity contribution is 9.10. The van der Waals surface area contributed by atoms with Gasteiger partial charge in [-0.25, -0.2) is 0 Å². The first-order valence-electron chi connectivity index (χ1n) is 5.08. The molecular formula is C11H16BrNO4. The van der Waals surface area contributed by atoms with E-state index in [9.17, 15) is 5.11 Å². The highest BCUT2D eigenvalue weighted by Crippen LogP contribution is 2.35. The molecule has 0 atom stereocenters. The zero-order chi connectivity index (χ0) is 12.7. The molecule has 0 aliphatic heterocycles. The minimum absolute atomic E-state index is 0.0940. The summed E-state index contributed by atoms with van der Waals surface area (Å²) in [5.74, 6) is 0.518. The number of phenolic OH excluding ortho intramolecular Hbond substituents is 1. The van der Waals surface area contributed by atoms with Gasteiger partial charge in [-0.15, -0.1) is 0 Å². The van der Waals surface area contributed by atoms with Crippen LogP contribution >= 0.6 is 15.9 Å². The number of benzene rings is 1. The number of hydroxylamine groups is 1. The third-order valence-electron chi connectivity index (χ3n) is 2.08. The van der Waals surface area contributed by atoms with Crippen molar-refractivity contribution in [3.63, 3.8) is 0 Å². The first-order chi connectivity index (χ1) is 8.19. The van der Waals surface area contributed by atoms with E-state index in [-0.39, 0.29) is 5.75 Å². The number of ether oxygens (including phenoxy) is 2. The topological polar surface area (TPSA) is 60.0 Å². The van der Waals surface area contributed by atoms with Crippen molar-refractivity contribution in [2.45, 2.75) is 6.54 Å². The van der Waals surface area contributed by atoms with Gasteiger partial charge >= 0.3 is 0 Å². The van der Waals surface area contributed by atoms with Crippen LogP contribution in [-0.4, -0.2) is 32.5 Å². The Kier molecular flexibility index (Phi) is 6.28. The van der Waals surface area contributed by atoms with E-state index >= 15 is 0 Å². The zero-order valence-corrected chi connectivity index (χ0v) is 11.4. The van der Waals surface area contributed by atoms with Crippen molar-refractivity contribution in [3.8, 4) is 11.5 Å². The standard InChI is InChI=1S/C11H16BrNO4/c1-15-3-4-17-13-7-8-5-9(12)11(14)10(6-8)16-2/h5-6,13-14H,3-4,7H2,1-2H3. The molecule has 0 aliphatic rings. The third kappa shape index (κ3) is 4.51. The number of hydrogen-bond acceptors (Lipinski definition) is 5. The predicted octanol–water partition coefficient (Wildman–Crippen LogP) is 1.83. The number of hydrogen-bond donors (Lipinski definition) is 2. The lowest BCUT2D eigenvalue weighted by Gasteiger charge is -2.10. The summed E-state index contributed by atoms with van der Waals surface area (Å²) in [7, 11) is 3.12. The molecular weight excluding hydrogens is 290 g/mol. The molecule has 0 radical (unpaired) electrons. The van der Waals surface area contributed by atoms with Crippen LogP contribution in [0.4, 0.5) is 0 Å². The predicted molar refractivity (Wildman–Crippen MR) is 67.0 cm³/mol. The van der Waals surface area contributed by atoms with Crippen molar-refractivity contribution < 1.29 is 19.4 Å². The van der Waals surface area contributed by atoms with Gasteiger partial charge in [0, 0.05) is 13.7 Å². The second kappa shape index (κ2) is 7.50. The fraction of sp³-hybridized carbons (Fsp3) is 0.455. The van der Waals surface area contributed by atoms with Gasteiger partial charge in [-0.05, 0) is 33.6 Å². The lowest BCUT2D eigenvalue weighted by molar-refractivity contribution is 0.00343. The van der Waals surface area contributed by atoms with Gasteiger partial charge in [-0.2, -0.15) is 5.48 Å². The van der Waals surface area contributed by atoms with Crippen LogP contribution in [0.25, 0.3) is 0 Å². The lowest BCUT2D eigenvalue weighted by atomic mass is 10.2. The fourth-order valence-corrected chi connectivity index (χ4v) is 1.71. The maximum atomic E-state index is 9.62. The van der Waals surface area contributed by atoms with Crippen LogP contribution in [0.15, 0.2) is 16.6 Å². The van der Waals surface area contributed by atoms with Crippen LogP contribution in [0.2, 0.25) is 0 Å². The van der Waals surface area contributed by atoms with Crippen molar-refractivity contribution in [2.24, 2.45) is 0 Å². The summed E-state index contributed by atoms with van der Waals surface area (Å²) >= 11 is 3.25. The van der Waals surface area contributed by atoms with E-state index < -0.39 is 0 Å². The molecule has 0 bridgehead atoms. The number of phenols is 1. The summed E-state index contributed by atoms with van der Waals surface area (Å²) in [4.78, 5) is 5.13. The minimum Gasteiger partial charge on any atom is -0.503 e. The molecule has 1 aromatic rings. The molecule has 6 heteroatoms. The van der Waals surface area contributed by atoms with Crippen LogP contribution in [0.1, 0.15) is 5.56 Å². The second-order valence-electron chi connectivity index (χ2n) is 3.29. The summed E-state index contributed by atoms with van der Waals surface area (Å²) in [6, 6.07) is 3.54. The largest absolute Gasteiger partial charge is 0.503 e. The van der Waals surface area contributed by atoms with E-state index in [1.54, 1.807) is 19.2 Å². The number of halogens is 1. The van der Waals surface area contributed by atoms with Crippen molar-refractivity contribution in [1.29, 1.82) is 0 Å². The Labute approximate surface area is 109 Å². The van der Waals surface area contributed by atoms with Crippen LogP contribution < -0.4 is 10.2 Å². The van der Waals surface area contributed by atoms with Crippen molar-refractivity contribution >= 4 is 15.9 Å². The molecule has 2 N–H and O–H groups in total. The molecule has 17 heavy (non-hydrogen) atoms. The Hall–Kier alpha value is -0.820. The maximum Gasteiger partial charge on any atom is 0.172 e. The summed E-state index contributed by atoms with van der Waals surface area (Å²) in [6.07, 6.45) is 0. The molecule has 0 unspecified atom stereocenters. The number of aromatic hydroxyl groups is 1. The quantitative estimate of drug-likeness (QED) is 0.594. The van der Waals surface area contributed by atoms with Gasteiger partial charge in [0.1, 0.15) is 0 Å². The summed E-state index contributed by atoms with van der Waals surface area (Å²) in [6.45, 7) is 1.53. The molecule has 0 fully saturated rings. The number of nitrogens with one attached hydrogen (secondary N) is 1. The lowest BCUT2D eigenvalue weighted by Crippen LogP contribution is -2.17. The molecule has 96 valence electrons. The molecule has 0 heterocycles. The molecule has 0 spiro atoms. The Bertz CT molecular complexity index is 360. The molecule has 0 aromatic heterocycles. The first-order valence-corrected chi connectivity index (χ1v) is 5.87. The van der Waals surface area contributed by atoms with Crippen molar-refractivity contribution in [2.75, 3.05) is 27.4 Å². The van der Waals surface area contributed by atoms with E-state index in [1.807, 2.05) is 0 Å². The van der Waals surface area contributed by atoms with Gasteiger partial charge in [0.2, 0.25) is 0 Å². The fourth-order valence-electron chi connectivity index (χ4n) is 1.22. The molecule has 0 amide bonds. The van der Waals surface area contributed by atoms with Crippen molar-refractivity contribution in [1.82, 2.24) is 5.48 Å². The Morgan fingerprint density at radius 3 is 2.71 bits per heavy atom. The smallest absolute Gasteiger partial charge is 0.172 e. The van der Waals surface area contributed by atoms with Gasteiger partial charge in [-0.1, -0.05) is 0 Å². The summed E-state index contributed by atoms with van der Waals surface area (Å²) < 4.78 is 10.5. The minimum atomic E-state index is 0.0940. The first kappa shape index (κ1) is 14.2. The average molecular weight is 306 g/mol. The second-order valence-corrected chi connectivity index (χ2v) is 4.15. The highest BCUT2D eigenvalue weighted by Gasteiger charge is 2.08. The highest BCUT2D eigenvalue weighted by atomic mass is 79.9. The Morgan fingerprint density at radius 1 is 1.29 bits per heavy atom. The zero-order valence-electron chi connectivity index (χ0n) is 9.83. The Morgan fingerprint density at radius 2 is 2.06 bits per heavy atom. The van der Waals surface area contributed by atoms with E-state index in [0.717, 1.165) is 5.56 Å². The molecule has 5 nitrogen and oxygen atoms in total. The maximum absolute atomic E-state index is 9.62.